The van der Waals surface area contributed by atoms with Crippen LogP contribution >= 0.6 is 0 Å². The van der Waals surface area contributed by atoms with Crippen LogP contribution in [0.1, 0.15) is 26.7 Å². The number of nitrogens with zero attached hydrogens (tertiary/aromatic N) is 3. The molecule has 2 heterocycles. The van der Waals surface area contributed by atoms with Gasteiger partial charge in [0, 0.05) is 13.2 Å². The highest BCUT2D eigenvalue weighted by molar-refractivity contribution is 6.08. The summed E-state index contributed by atoms with van der Waals surface area (Å²) in [5.74, 6) is -1.83. The number of rotatable bonds is 3. The van der Waals surface area contributed by atoms with Crippen molar-refractivity contribution in [1.29, 1.82) is 0 Å². The number of aromatic amines is 1. The summed E-state index contributed by atoms with van der Waals surface area (Å²) in [5.41, 5.74) is 0.750. The Hall–Kier alpha value is -2.64. The third kappa shape index (κ3) is 2.08. The number of hydrogen-bond donors (Lipinski definition) is 3. The third-order valence-corrected chi connectivity index (χ3v) is 2.33. The molecule has 0 radical (unpaired) electrons. The third-order valence-electron chi connectivity index (χ3n) is 2.33. The van der Waals surface area contributed by atoms with E-state index in [1.54, 1.807) is 24.9 Å². The Morgan fingerprint density at radius 3 is 2.78 bits per heavy atom. The lowest BCUT2D eigenvalue weighted by Gasteiger charge is -2.01. The number of imidazole rings is 1. The molecule has 0 fully saturated rings. The molecule has 0 bridgehead atoms. The predicted octanol–water partition coefficient (Wildman–Crippen LogP) is 0.402. The van der Waals surface area contributed by atoms with E-state index in [1.807, 2.05) is 0 Å². The van der Waals surface area contributed by atoms with Gasteiger partial charge in [-0.25, -0.2) is 9.78 Å². The summed E-state index contributed by atoms with van der Waals surface area (Å²) in [4.78, 5) is 28.8. The Bertz CT molecular complexity index is 613. The summed E-state index contributed by atoms with van der Waals surface area (Å²) in [6.07, 6.45) is 2.79. The molecule has 0 atom stereocenters. The van der Waals surface area contributed by atoms with E-state index in [4.69, 9.17) is 5.11 Å². The first-order valence-corrected chi connectivity index (χ1v) is 5.07. The van der Waals surface area contributed by atoms with Crippen LogP contribution in [0.4, 0.5) is 5.69 Å². The zero-order valence-corrected chi connectivity index (χ0v) is 9.76. The number of H-pyrrole nitrogens is 1. The number of aromatic nitrogens is 4. The van der Waals surface area contributed by atoms with Gasteiger partial charge in [0.2, 0.25) is 0 Å². The zero-order chi connectivity index (χ0) is 13.3. The molecule has 0 saturated heterocycles. The van der Waals surface area contributed by atoms with Gasteiger partial charge in [-0.15, -0.1) is 0 Å². The van der Waals surface area contributed by atoms with E-state index < -0.39 is 11.9 Å². The molecule has 0 aromatic carbocycles. The lowest BCUT2D eigenvalue weighted by atomic mass is 10.3. The normalized spacial score (nSPS) is 10.3. The zero-order valence-electron chi connectivity index (χ0n) is 9.76. The summed E-state index contributed by atoms with van der Waals surface area (Å²) in [7, 11) is 1.72. The van der Waals surface area contributed by atoms with Crippen molar-refractivity contribution in [2.75, 3.05) is 5.32 Å². The molecule has 18 heavy (non-hydrogen) atoms. The minimum Gasteiger partial charge on any atom is -0.477 e. The van der Waals surface area contributed by atoms with Gasteiger partial charge in [-0.1, -0.05) is 0 Å². The van der Waals surface area contributed by atoms with E-state index in [9.17, 15) is 9.59 Å². The molecule has 3 N–H and O–H groups in total. The molecule has 8 heteroatoms. The smallest absolute Gasteiger partial charge is 0.354 e. The van der Waals surface area contributed by atoms with Crippen molar-refractivity contribution in [3.05, 3.63) is 29.6 Å². The molecule has 94 valence electrons. The van der Waals surface area contributed by atoms with E-state index in [0.717, 1.165) is 6.33 Å². The van der Waals surface area contributed by atoms with Crippen LogP contribution in [0.2, 0.25) is 0 Å². The van der Waals surface area contributed by atoms with Crippen molar-refractivity contribution in [3.63, 3.8) is 0 Å². The minimum absolute atomic E-state index is 0.161. The molecule has 0 saturated carbocycles. The second kappa shape index (κ2) is 4.32. The van der Waals surface area contributed by atoms with Crippen LogP contribution in [0, 0.1) is 6.92 Å². The summed E-state index contributed by atoms with van der Waals surface area (Å²) in [5, 5.41) is 15.5. The second-order valence-corrected chi connectivity index (χ2v) is 3.69. The summed E-state index contributed by atoms with van der Waals surface area (Å²) in [6, 6.07) is 0. The fourth-order valence-electron chi connectivity index (χ4n) is 1.53. The molecule has 2 aromatic rings. The molecule has 0 aliphatic rings. The molecule has 0 unspecified atom stereocenters. The van der Waals surface area contributed by atoms with Gasteiger partial charge in [-0.2, -0.15) is 5.10 Å². The lowest BCUT2D eigenvalue weighted by Crippen LogP contribution is -2.16. The van der Waals surface area contributed by atoms with Gasteiger partial charge >= 0.3 is 5.97 Å². The van der Waals surface area contributed by atoms with E-state index in [-0.39, 0.29) is 11.4 Å². The van der Waals surface area contributed by atoms with E-state index in [1.165, 1.54) is 0 Å². The standard InChI is InChI=1S/C10H11N5O3/c1-5-6(3-15(2)14-5)13-9(16)7-8(10(17)18)12-4-11-7/h3-4H,1-2H3,(H,11,12)(H,13,16)(H,17,18). The Morgan fingerprint density at radius 2 is 2.22 bits per heavy atom. The number of carboxylic acids is 1. The number of amides is 1. The van der Waals surface area contributed by atoms with Gasteiger partial charge in [0.1, 0.15) is 0 Å². The fourth-order valence-corrected chi connectivity index (χ4v) is 1.53. The highest BCUT2D eigenvalue weighted by Gasteiger charge is 2.20. The van der Waals surface area contributed by atoms with Gasteiger partial charge in [0.25, 0.3) is 5.91 Å². The van der Waals surface area contributed by atoms with Crippen LogP contribution in [0.25, 0.3) is 0 Å². The van der Waals surface area contributed by atoms with Crippen molar-refractivity contribution >= 4 is 17.6 Å². The SMILES string of the molecule is Cc1nn(C)cc1NC(=O)c1nc[nH]c1C(=O)O. The number of aromatic carboxylic acids is 1. The topological polar surface area (TPSA) is 113 Å². The minimum atomic E-state index is -1.24. The van der Waals surface area contributed by atoms with Crippen LogP contribution in [0.3, 0.4) is 0 Å². The maximum atomic E-state index is 11.9. The number of anilines is 1. The largest absolute Gasteiger partial charge is 0.477 e. The van der Waals surface area contributed by atoms with Crippen molar-refractivity contribution < 1.29 is 14.7 Å². The average molecular weight is 249 g/mol. The number of nitrogens with one attached hydrogen (secondary N) is 2. The second-order valence-electron chi connectivity index (χ2n) is 3.69. The van der Waals surface area contributed by atoms with Gasteiger partial charge in [-0.05, 0) is 6.92 Å². The van der Waals surface area contributed by atoms with Crippen LogP contribution < -0.4 is 5.32 Å². The first kappa shape index (κ1) is 11.8. The molecular weight excluding hydrogens is 238 g/mol. The van der Waals surface area contributed by atoms with Crippen LogP contribution in [0.15, 0.2) is 12.5 Å². The summed E-state index contributed by atoms with van der Waals surface area (Å²) >= 11 is 0. The first-order chi connectivity index (χ1) is 8.49. The fraction of sp³-hybridized carbons (Fsp3) is 0.200. The summed E-state index contributed by atoms with van der Waals surface area (Å²) in [6.45, 7) is 1.73. The Labute approximate surface area is 102 Å². The number of carboxylic acid groups (broad SMARTS) is 1. The maximum Gasteiger partial charge on any atom is 0.354 e. The molecule has 0 aliphatic carbocycles. The predicted molar refractivity (Wildman–Crippen MR) is 61.4 cm³/mol. The first-order valence-electron chi connectivity index (χ1n) is 5.07. The maximum absolute atomic E-state index is 11.9. The Balaban J connectivity index is 2.25. The highest BCUT2D eigenvalue weighted by atomic mass is 16.4. The van der Waals surface area contributed by atoms with Crippen LogP contribution in [0.5, 0.6) is 0 Å². The number of aryl methyl sites for hydroxylation is 2. The Morgan fingerprint density at radius 1 is 1.50 bits per heavy atom. The van der Waals surface area contributed by atoms with Crippen molar-refractivity contribution in [2.24, 2.45) is 7.05 Å². The quantitative estimate of drug-likeness (QED) is 0.728. The molecule has 1 amide bonds. The summed E-state index contributed by atoms with van der Waals surface area (Å²) < 4.78 is 1.55. The highest BCUT2D eigenvalue weighted by Crippen LogP contribution is 2.13. The van der Waals surface area contributed by atoms with Crippen molar-refractivity contribution in [1.82, 2.24) is 19.7 Å². The molecule has 0 spiro atoms. The van der Waals surface area contributed by atoms with E-state index >= 15 is 0 Å². The average Bonchev–Trinajstić information content (AvgIpc) is 2.86. The van der Waals surface area contributed by atoms with Crippen LogP contribution in [-0.2, 0) is 7.05 Å². The molecule has 2 aromatic heterocycles. The van der Waals surface area contributed by atoms with E-state index in [0.29, 0.717) is 11.4 Å². The van der Waals surface area contributed by atoms with Gasteiger partial charge in [0.05, 0.1) is 17.7 Å². The molecule has 2 rings (SSSR count). The van der Waals surface area contributed by atoms with E-state index in [2.05, 4.69) is 20.4 Å². The van der Waals surface area contributed by atoms with Crippen molar-refractivity contribution in [3.8, 4) is 0 Å². The number of hydrogen-bond acceptors (Lipinski definition) is 4. The van der Waals surface area contributed by atoms with Gasteiger partial charge in [-0.3, -0.25) is 9.48 Å². The molecule has 8 nitrogen and oxygen atoms in total. The number of carbonyl (C=O) groups excluding carboxylic acids is 1. The molecular formula is C10H11N5O3. The van der Waals surface area contributed by atoms with Crippen LogP contribution in [-0.4, -0.2) is 36.7 Å². The lowest BCUT2D eigenvalue weighted by molar-refractivity contribution is 0.0686. The monoisotopic (exact) mass is 249 g/mol. The van der Waals surface area contributed by atoms with Gasteiger partial charge in [0.15, 0.2) is 11.4 Å². The van der Waals surface area contributed by atoms with Gasteiger partial charge < -0.3 is 15.4 Å². The Kier molecular flexibility index (Phi) is 2.84. The molecule has 0 aliphatic heterocycles. The van der Waals surface area contributed by atoms with Crippen molar-refractivity contribution in [2.45, 2.75) is 6.92 Å². The number of carbonyl (C=O) groups is 2.